The minimum Gasteiger partial charge on any atom is -0.480 e. The second-order valence-electron chi connectivity index (χ2n) is 6.56. The van der Waals surface area contributed by atoms with Gasteiger partial charge in [0.1, 0.15) is 18.6 Å². The highest BCUT2D eigenvalue weighted by atomic mass is 32.2. The Morgan fingerprint density at radius 2 is 1.68 bits per heavy atom. The summed E-state index contributed by atoms with van der Waals surface area (Å²) in [5.74, 6) is -2.28. The topological polar surface area (TPSA) is 159 Å². The van der Waals surface area contributed by atoms with Gasteiger partial charge in [0.25, 0.3) is 0 Å². The van der Waals surface area contributed by atoms with E-state index in [0.717, 1.165) is 18.6 Å². The average Bonchev–Trinajstić information content (AvgIpc) is 2.64. The van der Waals surface area contributed by atoms with Gasteiger partial charge in [-0.1, -0.05) is 39.0 Å². The summed E-state index contributed by atoms with van der Waals surface area (Å²) in [6.45, 7) is 1.63. The second kappa shape index (κ2) is 16.2. The van der Waals surface area contributed by atoms with E-state index in [4.69, 9.17) is 15.9 Å². The maximum absolute atomic E-state index is 12.1. The second-order valence-corrected chi connectivity index (χ2v) is 7.71. The third-order valence-electron chi connectivity index (χ3n) is 3.99. The lowest BCUT2D eigenvalue weighted by molar-refractivity contribution is -0.139. The van der Waals surface area contributed by atoms with Crippen LogP contribution in [0.5, 0.6) is 0 Å². The molecule has 2 atom stereocenters. The molecular formula is C18H33N3O6S. The number of nitrogens with one attached hydrogen (secondary N) is 2. The fourth-order valence-electron chi connectivity index (χ4n) is 2.33. The largest absolute Gasteiger partial charge is 0.480 e. The number of carboxylic acids is 2. The average molecular weight is 420 g/mol. The molecule has 0 unspecified atom stereocenters. The highest BCUT2D eigenvalue weighted by Gasteiger charge is 2.22. The normalized spacial score (nSPS) is 12.8. The molecule has 0 spiro atoms. The number of rotatable bonds is 17. The number of unbranched alkanes of at least 4 members (excludes halogenated alkanes) is 5. The van der Waals surface area contributed by atoms with Gasteiger partial charge in [0.15, 0.2) is 0 Å². The molecule has 0 saturated heterocycles. The maximum Gasteiger partial charge on any atom is 0.322 e. The molecule has 162 valence electrons. The van der Waals surface area contributed by atoms with E-state index in [0.29, 0.717) is 5.75 Å². The molecule has 0 aliphatic carbocycles. The first kappa shape index (κ1) is 26.2. The number of thioether (sulfide) groups is 1. The number of carboxylic acid groups (broad SMARTS) is 2. The van der Waals surface area contributed by atoms with Gasteiger partial charge in [-0.15, -0.1) is 0 Å². The zero-order valence-corrected chi connectivity index (χ0v) is 17.3. The van der Waals surface area contributed by atoms with Gasteiger partial charge in [0.05, 0.1) is 0 Å². The Labute approximate surface area is 170 Å². The summed E-state index contributed by atoms with van der Waals surface area (Å²) in [4.78, 5) is 45.5. The molecule has 0 aliphatic rings. The number of hydrogen-bond donors (Lipinski definition) is 5. The van der Waals surface area contributed by atoms with Crippen molar-refractivity contribution in [3.8, 4) is 0 Å². The molecule has 0 aromatic carbocycles. The van der Waals surface area contributed by atoms with Crippen LogP contribution in [0.1, 0.15) is 58.3 Å². The number of hydrogen-bond acceptors (Lipinski definition) is 6. The molecule has 0 radical (unpaired) electrons. The third-order valence-corrected chi connectivity index (χ3v) is 5.14. The Morgan fingerprint density at radius 1 is 1.04 bits per heavy atom. The number of amides is 2. The van der Waals surface area contributed by atoms with Crippen molar-refractivity contribution in [2.75, 3.05) is 18.1 Å². The van der Waals surface area contributed by atoms with Gasteiger partial charge in [-0.2, -0.15) is 11.8 Å². The van der Waals surface area contributed by atoms with Crippen molar-refractivity contribution in [3.63, 3.8) is 0 Å². The van der Waals surface area contributed by atoms with Crippen LogP contribution in [0.2, 0.25) is 0 Å². The molecule has 0 rings (SSSR count). The quantitative estimate of drug-likeness (QED) is 0.218. The van der Waals surface area contributed by atoms with Crippen molar-refractivity contribution in [2.45, 2.75) is 70.4 Å². The molecule has 0 aliphatic heterocycles. The van der Waals surface area contributed by atoms with Crippen LogP contribution in [0.15, 0.2) is 0 Å². The predicted octanol–water partition coefficient (Wildman–Crippen LogP) is 0.958. The minimum atomic E-state index is -1.20. The van der Waals surface area contributed by atoms with Crippen LogP contribution < -0.4 is 16.4 Å². The molecule has 28 heavy (non-hydrogen) atoms. The summed E-state index contributed by atoms with van der Waals surface area (Å²) in [5, 5.41) is 22.2. The lowest BCUT2D eigenvalue weighted by atomic mass is 10.1. The maximum atomic E-state index is 12.1. The van der Waals surface area contributed by atoms with Crippen LogP contribution in [0.3, 0.4) is 0 Å². The molecule has 6 N–H and O–H groups in total. The number of carbonyl (C=O) groups excluding carboxylic acids is 2. The van der Waals surface area contributed by atoms with Crippen LogP contribution in [-0.4, -0.2) is 64.1 Å². The van der Waals surface area contributed by atoms with Gasteiger partial charge in [-0.3, -0.25) is 19.2 Å². The zero-order chi connectivity index (χ0) is 21.4. The van der Waals surface area contributed by atoms with E-state index in [-0.39, 0.29) is 12.8 Å². The highest BCUT2D eigenvalue weighted by molar-refractivity contribution is 7.99. The van der Waals surface area contributed by atoms with Crippen LogP contribution in [0.4, 0.5) is 0 Å². The van der Waals surface area contributed by atoms with E-state index in [2.05, 4.69) is 17.6 Å². The predicted molar refractivity (Wildman–Crippen MR) is 108 cm³/mol. The van der Waals surface area contributed by atoms with E-state index < -0.39 is 42.4 Å². The summed E-state index contributed by atoms with van der Waals surface area (Å²) in [7, 11) is 0. The minimum absolute atomic E-state index is 0.0461. The van der Waals surface area contributed by atoms with Gasteiger partial charge in [0, 0.05) is 12.2 Å². The Balaban J connectivity index is 4.37. The van der Waals surface area contributed by atoms with Gasteiger partial charge in [-0.05, 0) is 18.6 Å². The lowest BCUT2D eigenvalue weighted by Gasteiger charge is -2.18. The summed E-state index contributed by atoms with van der Waals surface area (Å²) in [6.07, 6.45) is 6.78. The van der Waals surface area contributed by atoms with Gasteiger partial charge >= 0.3 is 11.9 Å². The van der Waals surface area contributed by atoms with E-state index in [1.165, 1.54) is 37.4 Å². The van der Waals surface area contributed by atoms with Gasteiger partial charge < -0.3 is 26.6 Å². The van der Waals surface area contributed by atoms with Gasteiger partial charge in [-0.25, -0.2) is 0 Å². The summed E-state index contributed by atoms with van der Waals surface area (Å²) >= 11 is 1.52. The standard InChI is InChI=1S/C18H33N3O6S/c1-2-3-4-5-6-7-10-28-12-14(17(25)20-11-16(23)24)21-15(22)9-8-13(19)18(26)27/h13-14H,2-12,19H2,1H3,(H,20,25)(H,21,22)(H,23,24)(H,26,27)/t13-,14-/m1/s1. The van der Waals surface area contributed by atoms with Crippen molar-refractivity contribution in [1.29, 1.82) is 0 Å². The molecule has 0 fully saturated rings. The highest BCUT2D eigenvalue weighted by Crippen LogP contribution is 2.11. The molecule has 10 heteroatoms. The lowest BCUT2D eigenvalue weighted by Crippen LogP contribution is -2.49. The molecule has 0 saturated carbocycles. The fourth-order valence-corrected chi connectivity index (χ4v) is 3.38. The zero-order valence-electron chi connectivity index (χ0n) is 16.4. The summed E-state index contributed by atoms with van der Waals surface area (Å²) in [6, 6.07) is -2.02. The molecule has 0 aromatic rings. The first-order valence-corrected chi connectivity index (χ1v) is 10.8. The molecule has 9 nitrogen and oxygen atoms in total. The molecule has 0 heterocycles. The van der Waals surface area contributed by atoms with E-state index >= 15 is 0 Å². The van der Waals surface area contributed by atoms with Crippen LogP contribution >= 0.6 is 11.8 Å². The SMILES string of the molecule is CCCCCCCCSC[C@@H](NC(=O)CC[C@@H](N)C(=O)O)C(=O)NCC(=O)O. The van der Waals surface area contributed by atoms with Crippen LogP contribution in [0, 0.1) is 0 Å². The Morgan fingerprint density at radius 3 is 2.29 bits per heavy atom. The van der Waals surface area contributed by atoms with Crippen LogP contribution in [0.25, 0.3) is 0 Å². The Bertz CT molecular complexity index is 504. The third kappa shape index (κ3) is 14.3. The van der Waals surface area contributed by atoms with Crippen molar-refractivity contribution in [3.05, 3.63) is 0 Å². The molecule has 0 aromatic heterocycles. The first-order chi connectivity index (χ1) is 13.3. The van der Waals surface area contributed by atoms with E-state index in [1.807, 2.05) is 0 Å². The number of carbonyl (C=O) groups is 4. The van der Waals surface area contributed by atoms with E-state index in [9.17, 15) is 19.2 Å². The first-order valence-electron chi connectivity index (χ1n) is 9.62. The molecule has 0 bridgehead atoms. The Hall–Kier alpha value is -1.81. The summed E-state index contributed by atoms with van der Waals surface area (Å²) in [5.41, 5.74) is 5.37. The van der Waals surface area contributed by atoms with Gasteiger partial charge in [0.2, 0.25) is 11.8 Å². The summed E-state index contributed by atoms with van der Waals surface area (Å²) < 4.78 is 0. The molecule has 2 amide bonds. The van der Waals surface area contributed by atoms with Crippen molar-refractivity contribution in [2.24, 2.45) is 5.73 Å². The number of nitrogens with two attached hydrogens (primary N) is 1. The van der Waals surface area contributed by atoms with Crippen molar-refractivity contribution in [1.82, 2.24) is 10.6 Å². The van der Waals surface area contributed by atoms with Crippen molar-refractivity contribution >= 4 is 35.5 Å². The molecular weight excluding hydrogens is 386 g/mol. The van der Waals surface area contributed by atoms with Crippen molar-refractivity contribution < 1.29 is 29.4 Å². The fraction of sp³-hybridized carbons (Fsp3) is 0.778. The smallest absolute Gasteiger partial charge is 0.322 e. The van der Waals surface area contributed by atoms with E-state index in [1.54, 1.807) is 0 Å². The monoisotopic (exact) mass is 419 g/mol. The Kier molecular flexibility index (Phi) is 15.1. The van der Waals surface area contributed by atoms with Crippen LogP contribution in [-0.2, 0) is 19.2 Å². The number of aliphatic carboxylic acids is 2.